The lowest BCUT2D eigenvalue weighted by atomic mass is 10.2. The molecule has 30 heavy (non-hydrogen) atoms. The van der Waals surface area contributed by atoms with E-state index in [-0.39, 0.29) is 11.8 Å². The lowest BCUT2D eigenvalue weighted by molar-refractivity contribution is 0.0635. The van der Waals surface area contributed by atoms with Crippen LogP contribution in [-0.4, -0.2) is 42.0 Å². The monoisotopic (exact) mass is 431 g/mol. The molecule has 7 nitrogen and oxygen atoms in total. The summed E-state index contributed by atoms with van der Waals surface area (Å²) in [5, 5.41) is 5.44. The fraction of sp³-hybridized carbons (Fsp3) is 0.409. The minimum absolute atomic E-state index is 0.0977. The normalized spacial score (nSPS) is 11.0. The molecular weight excluding hydrogens is 402 g/mol. The standard InChI is InChI=1S/C22H29N3O4S/c1-6-7-14-25(5)20(27)18-13-12-17(30-18)19(26)23-15-10-8-9-11-16(15)24-21(28)29-22(2,3)4/h8-13H,6-7,14H2,1-5H3,(H,23,26)(H,24,28). The number of hydrogen-bond acceptors (Lipinski definition) is 5. The van der Waals surface area contributed by atoms with Gasteiger partial charge in [-0.1, -0.05) is 25.5 Å². The molecule has 0 saturated carbocycles. The van der Waals surface area contributed by atoms with E-state index in [1.54, 1.807) is 69.1 Å². The van der Waals surface area contributed by atoms with Crippen molar-refractivity contribution in [2.75, 3.05) is 24.2 Å². The van der Waals surface area contributed by atoms with Crippen LogP contribution in [0.4, 0.5) is 16.2 Å². The Labute approximate surface area is 181 Å². The predicted molar refractivity (Wildman–Crippen MR) is 120 cm³/mol. The van der Waals surface area contributed by atoms with Gasteiger partial charge in [0.25, 0.3) is 11.8 Å². The summed E-state index contributed by atoms with van der Waals surface area (Å²) in [6.45, 7) is 8.07. The number of nitrogens with zero attached hydrogens (tertiary/aromatic N) is 1. The van der Waals surface area contributed by atoms with Gasteiger partial charge in [0.1, 0.15) is 5.60 Å². The molecule has 1 aromatic heterocycles. The largest absolute Gasteiger partial charge is 0.444 e. The second-order valence-electron chi connectivity index (χ2n) is 7.87. The van der Waals surface area contributed by atoms with Crippen molar-refractivity contribution in [3.63, 3.8) is 0 Å². The maximum Gasteiger partial charge on any atom is 0.412 e. The number of thiophene rings is 1. The van der Waals surface area contributed by atoms with Gasteiger partial charge in [-0.15, -0.1) is 11.3 Å². The average Bonchev–Trinajstić information content (AvgIpc) is 3.15. The van der Waals surface area contributed by atoms with Crippen LogP contribution in [0.3, 0.4) is 0 Å². The van der Waals surface area contributed by atoms with Crippen molar-refractivity contribution < 1.29 is 19.1 Å². The molecule has 2 rings (SSSR count). The lowest BCUT2D eigenvalue weighted by Gasteiger charge is -2.20. The summed E-state index contributed by atoms with van der Waals surface area (Å²) < 4.78 is 5.26. The van der Waals surface area contributed by atoms with E-state index >= 15 is 0 Å². The average molecular weight is 432 g/mol. The minimum atomic E-state index is -0.632. The Morgan fingerprint density at radius 3 is 2.20 bits per heavy atom. The summed E-state index contributed by atoms with van der Waals surface area (Å²) in [6.07, 6.45) is 1.33. The van der Waals surface area contributed by atoms with Crippen LogP contribution >= 0.6 is 11.3 Å². The summed E-state index contributed by atoms with van der Waals surface area (Å²) in [5.41, 5.74) is 0.230. The third kappa shape index (κ3) is 6.88. The van der Waals surface area contributed by atoms with Crippen LogP contribution in [0, 0.1) is 0 Å². The second-order valence-corrected chi connectivity index (χ2v) is 8.95. The maximum absolute atomic E-state index is 12.7. The van der Waals surface area contributed by atoms with Crippen LogP contribution in [-0.2, 0) is 4.74 Å². The van der Waals surface area contributed by atoms with Crippen molar-refractivity contribution in [2.24, 2.45) is 0 Å². The lowest BCUT2D eigenvalue weighted by Crippen LogP contribution is -2.27. The molecule has 1 aromatic carbocycles. The van der Waals surface area contributed by atoms with E-state index in [2.05, 4.69) is 17.6 Å². The molecule has 0 aliphatic rings. The molecule has 3 amide bonds. The summed E-state index contributed by atoms with van der Waals surface area (Å²) in [7, 11) is 1.76. The van der Waals surface area contributed by atoms with Crippen LogP contribution in [0.2, 0.25) is 0 Å². The number of unbranched alkanes of at least 4 members (excludes halogenated alkanes) is 1. The van der Waals surface area contributed by atoms with Gasteiger partial charge in [0, 0.05) is 13.6 Å². The number of carbonyl (C=O) groups is 3. The Morgan fingerprint density at radius 2 is 1.60 bits per heavy atom. The Bertz CT molecular complexity index is 902. The first-order valence-electron chi connectivity index (χ1n) is 9.86. The van der Waals surface area contributed by atoms with Crippen LogP contribution in [0.5, 0.6) is 0 Å². The van der Waals surface area contributed by atoms with E-state index in [1.165, 1.54) is 0 Å². The molecule has 0 aliphatic heterocycles. The highest BCUT2D eigenvalue weighted by atomic mass is 32.1. The summed E-state index contributed by atoms with van der Waals surface area (Å²) in [6, 6.07) is 10.1. The smallest absolute Gasteiger partial charge is 0.412 e. The highest BCUT2D eigenvalue weighted by Gasteiger charge is 2.19. The number of nitrogens with one attached hydrogen (secondary N) is 2. The Balaban J connectivity index is 2.08. The molecule has 0 bridgehead atoms. The highest BCUT2D eigenvalue weighted by Crippen LogP contribution is 2.25. The third-order valence-electron chi connectivity index (χ3n) is 4.05. The van der Waals surface area contributed by atoms with Crippen molar-refractivity contribution >= 4 is 40.6 Å². The van der Waals surface area contributed by atoms with Gasteiger partial charge in [-0.25, -0.2) is 4.79 Å². The first-order chi connectivity index (χ1) is 14.1. The Kier molecular flexibility index (Phi) is 8.00. The van der Waals surface area contributed by atoms with Crippen LogP contribution in [0.15, 0.2) is 36.4 Å². The van der Waals surface area contributed by atoms with Gasteiger partial charge in [-0.3, -0.25) is 14.9 Å². The van der Waals surface area contributed by atoms with Crippen molar-refractivity contribution in [3.05, 3.63) is 46.2 Å². The van der Waals surface area contributed by atoms with Gasteiger partial charge in [0.15, 0.2) is 0 Å². The van der Waals surface area contributed by atoms with Crippen molar-refractivity contribution in [1.82, 2.24) is 4.90 Å². The van der Waals surface area contributed by atoms with Gasteiger partial charge >= 0.3 is 6.09 Å². The van der Waals surface area contributed by atoms with Crippen molar-refractivity contribution in [2.45, 2.75) is 46.1 Å². The van der Waals surface area contributed by atoms with Crippen LogP contribution in [0.25, 0.3) is 0 Å². The zero-order chi connectivity index (χ0) is 22.3. The third-order valence-corrected chi connectivity index (χ3v) is 5.12. The number of rotatable bonds is 7. The Morgan fingerprint density at radius 1 is 1.00 bits per heavy atom. The molecule has 2 N–H and O–H groups in total. The molecule has 2 aromatic rings. The molecular formula is C22H29N3O4S. The first-order valence-corrected chi connectivity index (χ1v) is 10.7. The minimum Gasteiger partial charge on any atom is -0.444 e. The number of amides is 3. The van der Waals surface area contributed by atoms with Crippen LogP contribution < -0.4 is 10.6 Å². The SMILES string of the molecule is CCCCN(C)C(=O)c1ccc(C(=O)Nc2ccccc2NC(=O)OC(C)(C)C)s1. The molecule has 0 fully saturated rings. The summed E-state index contributed by atoms with van der Waals surface area (Å²) in [4.78, 5) is 39.8. The van der Waals surface area contributed by atoms with Gasteiger partial charge in [0.05, 0.1) is 21.1 Å². The van der Waals surface area contributed by atoms with Crippen molar-refractivity contribution in [1.29, 1.82) is 0 Å². The number of carbonyl (C=O) groups excluding carboxylic acids is 3. The number of benzene rings is 1. The fourth-order valence-electron chi connectivity index (χ4n) is 2.56. The zero-order valence-corrected chi connectivity index (χ0v) is 18.9. The Hall–Kier alpha value is -2.87. The number of anilines is 2. The van der Waals surface area contributed by atoms with Crippen molar-refractivity contribution in [3.8, 4) is 0 Å². The van der Waals surface area contributed by atoms with E-state index in [0.717, 1.165) is 24.2 Å². The number of para-hydroxylation sites is 2. The molecule has 0 unspecified atom stereocenters. The van der Waals surface area contributed by atoms with E-state index in [9.17, 15) is 14.4 Å². The van der Waals surface area contributed by atoms with Gasteiger partial charge < -0.3 is 15.0 Å². The van der Waals surface area contributed by atoms with Gasteiger partial charge in [-0.05, 0) is 51.5 Å². The molecule has 0 radical (unpaired) electrons. The molecule has 8 heteroatoms. The predicted octanol–water partition coefficient (Wildman–Crippen LogP) is 5.22. The topological polar surface area (TPSA) is 87.7 Å². The molecule has 1 heterocycles. The zero-order valence-electron chi connectivity index (χ0n) is 18.1. The first kappa shape index (κ1) is 23.4. The highest BCUT2D eigenvalue weighted by molar-refractivity contribution is 7.16. The van der Waals surface area contributed by atoms with Crippen LogP contribution in [0.1, 0.15) is 59.9 Å². The maximum atomic E-state index is 12.7. The summed E-state index contributed by atoms with van der Waals surface area (Å²) >= 11 is 1.14. The fourth-order valence-corrected chi connectivity index (χ4v) is 3.45. The van der Waals surface area contributed by atoms with Gasteiger partial charge in [-0.2, -0.15) is 0 Å². The summed E-state index contributed by atoms with van der Waals surface area (Å²) in [5.74, 6) is -0.451. The van der Waals surface area contributed by atoms with E-state index < -0.39 is 11.7 Å². The molecule has 0 spiro atoms. The van der Waals surface area contributed by atoms with E-state index in [1.807, 2.05) is 0 Å². The molecule has 0 aliphatic carbocycles. The molecule has 162 valence electrons. The quantitative estimate of drug-likeness (QED) is 0.629. The van der Waals surface area contributed by atoms with E-state index in [0.29, 0.717) is 27.7 Å². The molecule has 0 atom stereocenters. The molecule has 0 saturated heterocycles. The number of hydrogen-bond donors (Lipinski definition) is 2. The van der Waals surface area contributed by atoms with Gasteiger partial charge in [0.2, 0.25) is 0 Å². The second kappa shape index (κ2) is 10.2. The number of ether oxygens (including phenoxy) is 1. The van der Waals surface area contributed by atoms with E-state index in [4.69, 9.17) is 4.74 Å².